The first-order chi connectivity index (χ1) is 37.0. The van der Waals surface area contributed by atoms with Gasteiger partial charge < -0.3 is 14.2 Å². The molecule has 0 aromatic carbocycles. The Bertz CT molecular complexity index is 1660. The third-order valence-corrected chi connectivity index (χ3v) is 12.3. The van der Waals surface area contributed by atoms with Crippen molar-refractivity contribution in [1.29, 1.82) is 0 Å². The number of ether oxygens (including phenoxy) is 3. The monoisotopic (exact) mass is 1030 g/mol. The summed E-state index contributed by atoms with van der Waals surface area (Å²) in [6.07, 6.45) is 88.7. The molecule has 0 spiro atoms. The Labute approximate surface area is 461 Å². The average Bonchev–Trinajstić information content (AvgIpc) is 3.41. The molecule has 0 saturated carbocycles. The van der Waals surface area contributed by atoms with Crippen LogP contribution in [0.1, 0.15) is 252 Å². The largest absolute Gasteiger partial charge is 0.462 e. The Balaban J connectivity index is 4.50. The highest BCUT2D eigenvalue weighted by atomic mass is 16.6. The lowest BCUT2D eigenvalue weighted by Crippen LogP contribution is -2.30. The summed E-state index contributed by atoms with van der Waals surface area (Å²) in [6.45, 7) is 6.30. The van der Waals surface area contributed by atoms with Crippen molar-refractivity contribution < 1.29 is 28.6 Å². The van der Waals surface area contributed by atoms with Crippen LogP contribution in [0.5, 0.6) is 0 Å². The van der Waals surface area contributed by atoms with Crippen molar-refractivity contribution >= 4 is 17.9 Å². The zero-order valence-electron chi connectivity index (χ0n) is 48.3. The van der Waals surface area contributed by atoms with E-state index in [1.54, 1.807) is 6.08 Å². The Morgan fingerprint density at radius 1 is 0.293 bits per heavy atom. The van der Waals surface area contributed by atoms with Gasteiger partial charge in [-0.2, -0.15) is 0 Å². The van der Waals surface area contributed by atoms with E-state index in [4.69, 9.17) is 14.2 Å². The smallest absolute Gasteiger partial charge is 0.309 e. The van der Waals surface area contributed by atoms with Crippen molar-refractivity contribution in [2.75, 3.05) is 13.2 Å². The first-order valence-corrected chi connectivity index (χ1v) is 30.3. The molecule has 0 amide bonds. The minimum absolute atomic E-state index is 0.117. The molecule has 0 aromatic rings. The van der Waals surface area contributed by atoms with E-state index in [1.807, 2.05) is 6.08 Å². The highest BCUT2D eigenvalue weighted by Gasteiger charge is 2.19. The van der Waals surface area contributed by atoms with E-state index in [0.717, 1.165) is 122 Å². The maximum absolute atomic E-state index is 12.9. The third kappa shape index (κ3) is 60.0. The molecule has 1 atom stereocenters. The van der Waals surface area contributed by atoms with Gasteiger partial charge in [-0.3, -0.25) is 14.4 Å². The molecule has 0 aliphatic carbocycles. The second-order valence-corrected chi connectivity index (χ2v) is 19.5. The van der Waals surface area contributed by atoms with E-state index >= 15 is 0 Å². The summed E-state index contributed by atoms with van der Waals surface area (Å²) < 4.78 is 16.8. The highest BCUT2D eigenvalue weighted by Crippen LogP contribution is 2.14. The SMILES string of the molecule is CC/C=C\C/C=C\C/C=C\C/C=C\C/C=C\C/C=C\CCCCCCCCC(=O)OCC(COC(=O)C/C=C\C/C=C\C/C=C\C/C=C\C/C=C\CC)OC(=O)CCCCCCCCC/C=C\CCCCCCCC. The minimum atomic E-state index is -0.834. The third-order valence-electron chi connectivity index (χ3n) is 12.3. The van der Waals surface area contributed by atoms with E-state index in [1.165, 1.54) is 89.9 Å². The van der Waals surface area contributed by atoms with Crippen LogP contribution < -0.4 is 0 Å². The van der Waals surface area contributed by atoms with Crippen LogP contribution in [0.15, 0.2) is 146 Å². The van der Waals surface area contributed by atoms with E-state index in [-0.39, 0.29) is 31.6 Å². The molecule has 0 heterocycles. The van der Waals surface area contributed by atoms with Crippen LogP contribution >= 0.6 is 0 Å². The lowest BCUT2D eigenvalue weighted by molar-refractivity contribution is -0.166. The second kappa shape index (κ2) is 61.8. The molecule has 0 aromatic heterocycles. The lowest BCUT2D eigenvalue weighted by atomic mass is 10.1. The molecule has 1 unspecified atom stereocenters. The molecular formula is C69H110O6. The van der Waals surface area contributed by atoms with E-state index < -0.39 is 12.1 Å². The van der Waals surface area contributed by atoms with Gasteiger partial charge in [0.15, 0.2) is 6.10 Å². The van der Waals surface area contributed by atoms with Gasteiger partial charge in [-0.1, -0.05) is 256 Å². The van der Waals surface area contributed by atoms with Crippen LogP contribution in [0.3, 0.4) is 0 Å². The van der Waals surface area contributed by atoms with Gasteiger partial charge in [0.05, 0.1) is 6.42 Å². The van der Waals surface area contributed by atoms with Gasteiger partial charge in [0, 0.05) is 12.8 Å². The van der Waals surface area contributed by atoms with Crippen LogP contribution in [-0.2, 0) is 28.6 Å². The van der Waals surface area contributed by atoms with Crippen molar-refractivity contribution in [1.82, 2.24) is 0 Å². The summed E-state index contributed by atoms with van der Waals surface area (Å²) in [5.74, 6) is -1.08. The number of hydrogen-bond acceptors (Lipinski definition) is 6. The maximum Gasteiger partial charge on any atom is 0.309 e. The minimum Gasteiger partial charge on any atom is -0.462 e. The van der Waals surface area contributed by atoms with Gasteiger partial charge in [0.2, 0.25) is 0 Å². The molecular weight excluding hydrogens is 925 g/mol. The van der Waals surface area contributed by atoms with Crippen molar-refractivity contribution in [3.63, 3.8) is 0 Å². The fraction of sp³-hybridized carbons (Fsp3) is 0.609. The van der Waals surface area contributed by atoms with Gasteiger partial charge in [-0.25, -0.2) is 0 Å². The van der Waals surface area contributed by atoms with Crippen molar-refractivity contribution in [2.45, 2.75) is 258 Å². The van der Waals surface area contributed by atoms with Gasteiger partial charge in [0.25, 0.3) is 0 Å². The Hall–Kier alpha value is -4.71. The zero-order chi connectivity index (χ0) is 54.3. The number of esters is 3. The molecule has 6 nitrogen and oxygen atoms in total. The molecule has 422 valence electrons. The van der Waals surface area contributed by atoms with Crippen LogP contribution in [0, 0.1) is 0 Å². The normalized spacial score (nSPS) is 13.2. The lowest BCUT2D eigenvalue weighted by Gasteiger charge is -2.18. The molecule has 0 aliphatic rings. The number of hydrogen-bond donors (Lipinski definition) is 0. The predicted molar refractivity (Wildman–Crippen MR) is 325 cm³/mol. The molecule has 0 N–H and O–H groups in total. The summed E-state index contributed by atoms with van der Waals surface area (Å²) >= 11 is 0. The highest BCUT2D eigenvalue weighted by molar-refractivity contribution is 5.72. The van der Waals surface area contributed by atoms with Crippen LogP contribution in [0.25, 0.3) is 0 Å². The fourth-order valence-corrected chi connectivity index (χ4v) is 7.87. The van der Waals surface area contributed by atoms with Gasteiger partial charge in [-0.15, -0.1) is 0 Å². The quantitative estimate of drug-likeness (QED) is 0.0261. The van der Waals surface area contributed by atoms with Gasteiger partial charge >= 0.3 is 17.9 Å². The second-order valence-electron chi connectivity index (χ2n) is 19.5. The summed E-state index contributed by atoms with van der Waals surface area (Å²) in [7, 11) is 0. The van der Waals surface area contributed by atoms with E-state index in [0.29, 0.717) is 12.8 Å². The topological polar surface area (TPSA) is 78.9 Å². The summed E-state index contributed by atoms with van der Waals surface area (Å²) in [5.41, 5.74) is 0. The Morgan fingerprint density at radius 2 is 0.573 bits per heavy atom. The molecule has 0 fully saturated rings. The van der Waals surface area contributed by atoms with Crippen LogP contribution in [0.2, 0.25) is 0 Å². The molecule has 0 aliphatic heterocycles. The molecule has 0 bridgehead atoms. The molecule has 0 rings (SSSR count). The van der Waals surface area contributed by atoms with E-state index in [2.05, 4.69) is 154 Å². The summed E-state index contributed by atoms with van der Waals surface area (Å²) in [4.78, 5) is 38.2. The number of carbonyl (C=O) groups is 3. The maximum atomic E-state index is 12.9. The van der Waals surface area contributed by atoms with Gasteiger partial charge in [0.1, 0.15) is 13.2 Å². The first-order valence-electron chi connectivity index (χ1n) is 30.3. The number of carbonyl (C=O) groups excluding carboxylic acids is 3. The summed E-state index contributed by atoms with van der Waals surface area (Å²) in [5, 5.41) is 0. The Morgan fingerprint density at radius 3 is 0.947 bits per heavy atom. The van der Waals surface area contributed by atoms with Crippen molar-refractivity contribution in [3.05, 3.63) is 146 Å². The molecule has 6 heteroatoms. The molecule has 75 heavy (non-hydrogen) atoms. The average molecular weight is 1040 g/mol. The van der Waals surface area contributed by atoms with Crippen LogP contribution in [-0.4, -0.2) is 37.2 Å². The standard InChI is InChI=1S/C69H110O6/c1-4-7-10-13-16-19-22-25-28-30-31-32-33-34-35-36-37-39-41-44-47-50-53-56-59-62-68(71)74-65-66(64-73-67(70)61-58-55-52-49-46-43-40-27-24-21-18-15-12-9-6-3)75-69(72)63-60-57-54-51-48-45-42-38-29-26-23-20-17-14-11-8-5-2/h7,9-10,12,16,18-19,21,25-29,31-32,34-35,37,39-40,46,49,55,58,66H,4-6,8,11,13-15,17,20,22-24,30,33,36,38,41-45,47-48,50-54,56-57,59-65H2,1-3H3/b10-7-,12-9-,19-16-,21-18-,28-25-,29-26-,32-31-,35-34-,39-37-,40-27-,49-46-,58-55-. The molecule has 0 radical (unpaired) electrons. The van der Waals surface area contributed by atoms with Crippen molar-refractivity contribution in [2.24, 2.45) is 0 Å². The van der Waals surface area contributed by atoms with Gasteiger partial charge in [-0.05, 0) is 122 Å². The van der Waals surface area contributed by atoms with Crippen molar-refractivity contribution in [3.8, 4) is 0 Å². The zero-order valence-corrected chi connectivity index (χ0v) is 48.3. The van der Waals surface area contributed by atoms with Crippen LogP contribution in [0.4, 0.5) is 0 Å². The summed E-state index contributed by atoms with van der Waals surface area (Å²) in [6, 6.07) is 0. The molecule has 0 saturated heterocycles. The number of rotatable bonds is 53. The predicted octanol–water partition coefficient (Wildman–Crippen LogP) is 20.8. The fourth-order valence-electron chi connectivity index (χ4n) is 7.87. The number of allylic oxidation sites excluding steroid dienone is 23. The number of unbranched alkanes of at least 4 members (excludes halogenated alkanes) is 19. The Kier molecular flexibility index (Phi) is 58.0. The van der Waals surface area contributed by atoms with E-state index in [9.17, 15) is 14.4 Å². The first kappa shape index (κ1) is 70.3.